The van der Waals surface area contributed by atoms with Crippen LogP contribution >= 0.6 is 15.9 Å². The summed E-state index contributed by atoms with van der Waals surface area (Å²) < 4.78 is 0.981. The molecule has 0 unspecified atom stereocenters. The number of nitrogen functional groups attached to an aromatic ring is 1. The first-order chi connectivity index (χ1) is 13.0. The summed E-state index contributed by atoms with van der Waals surface area (Å²) in [6, 6.07) is 13.9. The fraction of sp³-hybridized carbons (Fsp3) is 0.150. The van der Waals surface area contributed by atoms with Crippen molar-refractivity contribution in [2.75, 3.05) is 10.6 Å². The number of aryl methyl sites for hydroxylation is 1. The van der Waals surface area contributed by atoms with Gasteiger partial charge in [-0.2, -0.15) is 4.98 Å². The molecule has 1 aromatic heterocycles. The molecule has 27 heavy (non-hydrogen) atoms. The summed E-state index contributed by atoms with van der Waals surface area (Å²) in [6.07, 6.45) is 1.47. The van der Waals surface area contributed by atoms with Gasteiger partial charge in [-0.3, -0.25) is 14.8 Å². The van der Waals surface area contributed by atoms with Crippen LogP contribution in [0.4, 0.5) is 17.5 Å². The molecule has 2 aromatic carbocycles. The van der Waals surface area contributed by atoms with Crippen LogP contribution in [0.15, 0.2) is 56.7 Å². The number of benzene rings is 2. The Bertz CT molecular complexity index is 1080. The fourth-order valence-corrected chi connectivity index (χ4v) is 3.62. The van der Waals surface area contributed by atoms with E-state index in [0.29, 0.717) is 19.0 Å². The summed E-state index contributed by atoms with van der Waals surface area (Å²) in [7, 11) is 0. The van der Waals surface area contributed by atoms with Crippen LogP contribution in [0.25, 0.3) is 0 Å². The molecule has 0 spiro atoms. The third-order valence-electron chi connectivity index (χ3n) is 4.60. The average Bonchev–Trinajstić information content (AvgIpc) is 3.06. The zero-order valence-electron chi connectivity index (χ0n) is 14.7. The quantitative estimate of drug-likeness (QED) is 0.628. The smallest absolute Gasteiger partial charge is 0.263 e. The molecule has 0 bridgehead atoms. The lowest BCUT2D eigenvalue weighted by molar-refractivity contribution is 0.824. The van der Waals surface area contributed by atoms with Gasteiger partial charge in [0.15, 0.2) is 0 Å². The van der Waals surface area contributed by atoms with Crippen molar-refractivity contribution in [1.29, 1.82) is 0 Å². The molecule has 7 heteroatoms. The van der Waals surface area contributed by atoms with Gasteiger partial charge in [-0.25, -0.2) is 0 Å². The molecule has 136 valence electrons. The van der Waals surface area contributed by atoms with Crippen molar-refractivity contribution in [3.63, 3.8) is 0 Å². The van der Waals surface area contributed by atoms with Crippen LogP contribution in [-0.4, -0.2) is 16.2 Å². The molecule has 0 atom stereocenters. The molecule has 2 heterocycles. The first-order valence-corrected chi connectivity index (χ1v) is 9.32. The van der Waals surface area contributed by atoms with E-state index in [1.165, 1.54) is 17.3 Å². The molecule has 0 fully saturated rings. The molecule has 3 aromatic rings. The van der Waals surface area contributed by atoms with Gasteiger partial charge in [0.1, 0.15) is 11.4 Å². The summed E-state index contributed by atoms with van der Waals surface area (Å²) in [6.45, 7) is 3.35. The number of fused-ring (bicyclic) bond motifs is 1. The van der Waals surface area contributed by atoms with E-state index in [9.17, 15) is 4.79 Å². The van der Waals surface area contributed by atoms with Crippen LogP contribution in [-0.2, 0) is 13.1 Å². The van der Waals surface area contributed by atoms with Gasteiger partial charge < -0.3 is 10.6 Å². The SMILES string of the molecule is Cc1cc(Br)ccc1N=Cc1c(N)nc(N2Cc3ccccc3C2)[nH]c1=O. The maximum Gasteiger partial charge on any atom is 0.263 e. The topological polar surface area (TPSA) is 87.4 Å². The van der Waals surface area contributed by atoms with E-state index in [0.717, 1.165) is 15.7 Å². The van der Waals surface area contributed by atoms with E-state index in [2.05, 4.69) is 43.0 Å². The van der Waals surface area contributed by atoms with Gasteiger partial charge in [-0.05, 0) is 41.8 Å². The monoisotopic (exact) mass is 423 g/mol. The molecule has 0 amide bonds. The molecule has 6 nitrogen and oxygen atoms in total. The molecule has 1 aliphatic rings. The van der Waals surface area contributed by atoms with Gasteiger partial charge >= 0.3 is 0 Å². The second-order valence-corrected chi connectivity index (χ2v) is 7.42. The Balaban J connectivity index is 1.61. The number of H-pyrrole nitrogens is 1. The van der Waals surface area contributed by atoms with Crippen molar-refractivity contribution in [2.45, 2.75) is 20.0 Å². The first-order valence-electron chi connectivity index (χ1n) is 8.53. The number of nitrogens with two attached hydrogens (primary N) is 1. The van der Waals surface area contributed by atoms with Crippen molar-refractivity contribution in [3.05, 3.63) is 79.5 Å². The first kappa shape index (κ1) is 17.5. The molecular formula is C20H18BrN5O. The number of halogens is 1. The van der Waals surface area contributed by atoms with Crippen LogP contribution in [0.5, 0.6) is 0 Å². The van der Waals surface area contributed by atoms with Crippen molar-refractivity contribution in [2.24, 2.45) is 4.99 Å². The fourth-order valence-electron chi connectivity index (χ4n) is 3.14. The number of aliphatic imine (C=N–C) groups is 1. The lowest BCUT2D eigenvalue weighted by Crippen LogP contribution is -2.25. The molecule has 1 aliphatic heterocycles. The number of nitrogens with zero attached hydrogens (tertiary/aromatic N) is 3. The summed E-state index contributed by atoms with van der Waals surface area (Å²) in [4.78, 5) is 26.2. The third-order valence-corrected chi connectivity index (χ3v) is 5.10. The van der Waals surface area contributed by atoms with Gasteiger partial charge in [-0.15, -0.1) is 0 Å². The van der Waals surface area contributed by atoms with Crippen LogP contribution in [0.2, 0.25) is 0 Å². The third kappa shape index (κ3) is 3.50. The van der Waals surface area contributed by atoms with E-state index >= 15 is 0 Å². The maximum atomic E-state index is 12.5. The van der Waals surface area contributed by atoms with E-state index in [1.54, 1.807) is 0 Å². The predicted octanol–water partition coefficient (Wildman–Crippen LogP) is 3.69. The maximum absolute atomic E-state index is 12.5. The van der Waals surface area contributed by atoms with Crippen molar-refractivity contribution < 1.29 is 0 Å². The van der Waals surface area contributed by atoms with E-state index < -0.39 is 0 Å². The Morgan fingerprint density at radius 2 is 1.93 bits per heavy atom. The molecule has 3 N–H and O–H groups in total. The lowest BCUT2D eigenvalue weighted by Gasteiger charge is -2.16. The molecule has 0 saturated carbocycles. The molecule has 0 saturated heterocycles. The van der Waals surface area contributed by atoms with E-state index in [4.69, 9.17) is 5.73 Å². The number of hydrogen-bond acceptors (Lipinski definition) is 5. The minimum Gasteiger partial charge on any atom is -0.383 e. The molecule has 0 radical (unpaired) electrons. The predicted molar refractivity (Wildman–Crippen MR) is 112 cm³/mol. The highest BCUT2D eigenvalue weighted by molar-refractivity contribution is 9.10. The highest BCUT2D eigenvalue weighted by Crippen LogP contribution is 2.26. The summed E-state index contributed by atoms with van der Waals surface area (Å²) in [5.74, 6) is 0.647. The lowest BCUT2D eigenvalue weighted by atomic mass is 10.1. The number of aromatic nitrogens is 2. The van der Waals surface area contributed by atoms with Crippen LogP contribution in [0.3, 0.4) is 0 Å². The summed E-state index contributed by atoms with van der Waals surface area (Å²) >= 11 is 3.42. The molecule has 4 rings (SSSR count). The van der Waals surface area contributed by atoms with E-state index in [1.807, 2.05) is 42.2 Å². The Morgan fingerprint density at radius 1 is 1.22 bits per heavy atom. The standard InChI is InChI=1S/C20H18BrN5O/c1-12-8-15(21)6-7-17(12)23-9-16-18(22)24-20(25-19(16)27)26-10-13-4-2-3-5-14(13)11-26/h2-9H,10-11H2,1H3,(H3,22,24,25,27). The van der Waals surface area contributed by atoms with Crippen molar-refractivity contribution in [3.8, 4) is 0 Å². The normalized spacial score (nSPS) is 13.3. The number of rotatable bonds is 3. The van der Waals surface area contributed by atoms with Crippen molar-refractivity contribution >= 4 is 39.6 Å². The summed E-state index contributed by atoms with van der Waals surface area (Å²) in [5, 5.41) is 0. The minimum absolute atomic E-state index is 0.170. The van der Waals surface area contributed by atoms with Gasteiger partial charge in [0.25, 0.3) is 5.56 Å². The summed E-state index contributed by atoms with van der Waals surface area (Å²) in [5.41, 5.74) is 10.3. The number of aromatic amines is 1. The largest absolute Gasteiger partial charge is 0.383 e. The van der Waals surface area contributed by atoms with Crippen LogP contribution in [0.1, 0.15) is 22.3 Å². The van der Waals surface area contributed by atoms with Gasteiger partial charge in [0.05, 0.1) is 5.69 Å². The second-order valence-electron chi connectivity index (χ2n) is 6.50. The van der Waals surface area contributed by atoms with Gasteiger partial charge in [0, 0.05) is 23.8 Å². The van der Waals surface area contributed by atoms with E-state index in [-0.39, 0.29) is 16.9 Å². The molecular weight excluding hydrogens is 406 g/mol. The number of hydrogen-bond donors (Lipinski definition) is 2. The minimum atomic E-state index is -0.299. The Morgan fingerprint density at radius 3 is 2.56 bits per heavy atom. The van der Waals surface area contributed by atoms with Crippen LogP contribution < -0.4 is 16.2 Å². The van der Waals surface area contributed by atoms with Crippen molar-refractivity contribution in [1.82, 2.24) is 9.97 Å². The second kappa shape index (κ2) is 7.00. The van der Waals surface area contributed by atoms with Crippen LogP contribution in [0, 0.1) is 6.92 Å². The number of nitrogens with one attached hydrogen (secondary N) is 1. The van der Waals surface area contributed by atoms with Gasteiger partial charge in [-0.1, -0.05) is 40.2 Å². The Labute approximate surface area is 164 Å². The number of anilines is 2. The molecule has 0 aliphatic carbocycles. The highest BCUT2D eigenvalue weighted by atomic mass is 79.9. The zero-order valence-corrected chi connectivity index (χ0v) is 16.3. The zero-order chi connectivity index (χ0) is 19.0. The highest BCUT2D eigenvalue weighted by Gasteiger charge is 2.21. The van der Waals surface area contributed by atoms with Gasteiger partial charge in [0.2, 0.25) is 5.95 Å². The Hall–Kier alpha value is -2.93. The Kier molecular flexibility index (Phi) is 4.53. The average molecular weight is 424 g/mol.